The maximum absolute atomic E-state index is 11.3. The van der Waals surface area contributed by atoms with Crippen LogP contribution in [0.3, 0.4) is 0 Å². The van der Waals surface area contributed by atoms with E-state index in [9.17, 15) is 10.5 Å². The lowest BCUT2D eigenvalue weighted by molar-refractivity contribution is 1.26. The summed E-state index contributed by atoms with van der Waals surface area (Å²) < 4.78 is 0. The second-order valence-corrected chi connectivity index (χ2v) is 19.1. The number of H-pyrrole nitrogens is 2. The van der Waals surface area contributed by atoms with Gasteiger partial charge in [0.25, 0.3) is 0 Å². The van der Waals surface area contributed by atoms with Crippen molar-refractivity contribution in [1.29, 1.82) is 10.5 Å². The number of allylic oxidation sites excluding steroid dienone is 2. The average molecular weight is 861 g/mol. The summed E-state index contributed by atoms with van der Waals surface area (Å²) in [6.07, 6.45) is 0. The molecule has 2 aliphatic rings. The van der Waals surface area contributed by atoms with Gasteiger partial charge in [-0.2, -0.15) is 10.5 Å². The van der Waals surface area contributed by atoms with E-state index >= 15 is 0 Å². The van der Waals surface area contributed by atoms with Crippen LogP contribution in [0.4, 0.5) is 0 Å². The molecule has 0 saturated carbocycles. The molecule has 0 unspecified atom stereocenters. The van der Waals surface area contributed by atoms with E-state index in [-0.39, 0.29) is 0 Å². The summed E-state index contributed by atoms with van der Waals surface area (Å²) in [5.41, 5.74) is 30.9. The van der Waals surface area contributed by atoms with Gasteiger partial charge in [-0.1, -0.05) is 70.8 Å². The molecule has 6 nitrogen and oxygen atoms in total. The summed E-state index contributed by atoms with van der Waals surface area (Å²) in [6.45, 7) is 29.9. The summed E-state index contributed by atoms with van der Waals surface area (Å²) in [7, 11) is 0. The van der Waals surface area contributed by atoms with E-state index in [1.54, 1.807) is 0 Å². The van der Waals surface area contributed by atoms with E-state index < -0.39 is 0 Å². The molecule has 8 bridgehead atoms. The first-order valence-electron chi connectivity index (χ1n) is 22.8. The summed E-state index contributed by atoms with van der Waals surface area (Å²) in [4.78, 5) is 18.6. The number of hydrogen-bond acceptors (Lipinski definition) is 4. The van der Waals surface area contributed by atoms with Gasteiger partial charge in [0.15, 0.2) is 0 Å². The van der Waals surface area contributed by atoms with Crippen LogP contribution in [-0.4, -0.2) is 19.9 Å². The first-order valence-corrected chi connectivity index (χ1v) is 22.8. The number of aromatic amines is 2. The molecule has 326 valence electrons. The third-order valence-electron chi connectivity index (χ3n) is 13.7. The highest BCUT2D eigenvalue weighted by Crippen LogP contribution is 2.45. The summed E-state index contributed by atoms with van der Waals surface area (Å²) in [6, 6.07) is 31.4. The van der Waals surface area contributed by atoms with Crippen molar-refractivity contribution in [3.8, 4) is 34.4 Å². The Morgan fingerprint density at radius 3 is 0.848 bits per heavy atom. The maximum atomic E-state index is 11.3. The van der Waals surface area contributed by atoms with Crippen LogP contribution in [0.15, 0.2) is 72.8 Å². The van der Waals surface area contributed by atoms with Gasteiger partial charge < -0.3 is 9.97 Å². The topological polar surface area (TPSA) is 105 Å². The fourth-order valence-electron chi connectivity index (χ4n) is 11.4. The number of aryl methyl sites for hydroxylation is 12. The zero-order chi connectivity index (χ0) is 47.2. The van der Waals surface area contributed by atoms with Gasteiger partial charge in [-0.25, -0.2) is 9.97 Å². The molecule has 0 radical (unpaired) electrons. The quantitative estimate of drug-likeness (QED) is 0.184. The van der Waals surface area contributed by atoms with Crippen LogP contribution < -0.4 is 0 Å². The molecule has 9 rings (SSSR count). The molecular weight excluding hydrogens is 805 g/mol. The first kappa shape index (κ1) is 43.7. The highest BCUT2D eigenvalue weighted by Gasteiger charge is 2.28. The lowest BCUT2D eigenvalue weighted by atomic mass is 9.89. The zero-order valence-corrected chi connectivity index (χ0v) is 40.7. The Hall–Kier alpha value is -7.54. The number of rotatable bonds is 4. The number of aromatic nitrogens is 4. The molecule has 3 aromatic heterocycles. The number of nitrogens with one attached hydrogen (secondary N) is 2. The smallest absolute Gasteiger partial charge is 0.102 e. The van der Waals surface area contributed by atoms with Crippen molar-refractivity contribution >= 4 is 44.4 Å². The Morgan fingerprint density at radius 1 is 0.318 bits per heavy atom. The van der Waals surface area contributed by atoms with Crippen molar-refractivity contribution in [2.45, 2.75) is 96.9 Å². The first-order chi connectivity index (χ1) is 31.4. The third kappa shape index (κ3) is 7.09. The second-order valence-electron chi connectivity index (χ2n) is 19.1. The SMILES string of the molecule is CC1=C(c2c(C)cc(C)cc2C)c2cc3[nH]c(cc4nc(cc5[nH]c(cc1n2)c(-c1c(C)cc(C)cc1C)c5C#N)C(c1c(C)cc(C)cc1C)=C4C)c(-c1c(C)cc(C)cc1C)c3C#N. The molecule has 0 aliphatic carbocycles. The highest BCUT2D eigenvalue weighted by molar-refractivity contribution is 6.06. The van der Waals surface area contributed by atoms with Gasteiger partial charge in [-0.15, -0.1) is 0 Å². The molecule has 0 fully saturated rings. The summed E-state index contributed by atoms with van der Waals surface area (Å²) in [5, 5.41) is 22.6. The van der Waals surface area contributed by atoms with E-state index in [0.717, 1.165) is 134 Å². The van der Waals surface area contributed by atoms with Crippen molar-refractivity contribution in [1.82, 2.24) is 19.9 Å². The number of nitriles is 2. The molecule has 0 saturated heterocycles. The van der Waals surface area contributed by atoms with Crippen LogP contribution in [0.2, 0.25) is 0 Å². The predicted octanol–water partition coefficient (Wildman–Crippen LogP) is 15.1. The van der Waals surface area contributed by atoms with Gasteiger partial charge in [0, 0.05) is 33.3 Å². The average Bonchev–Trinajstić information content (AvgIpc) is 3.91. The monoisotopic (exact) mass is 860 g/mol. The fraction of sp³-hybridized carbons (Fsp3) is 0.233. The van der Waals surface area contributed by atoms with E-state index in [4.69, 9.17) is 9.97 Å². The second kappa shape index (κ2) is 16.2. The summed E-state index contributed by atoms with van der Waals surface area (Å²) >= 11 is 0. The Kier molecular flexibility index (Phi) is 10.7. The third-order valence-corrected chi connectivity index (χ3v) is 13.7. The minimum absolute atomic E-state index is 0.552. The molecule has 6 heteroatoms. The Labute approximate surface area is 389 Å². The molecule has 2 aliphatic heterocycles. The molecule has 0 atom stereocenters. The van der Waals surface area contributed by atoms with Crippen molar-refractivity contribution in [2.24, 2.45) is 0 Å². The van der Waals surface area contributed by atoms with Crippen LogP contribution in [0.1, 0.15) is 126 Å². The van der Waals surface area contributed by atoms with Crippen molar-refractivity contribution in [2.75, 3.05) is 0 Å². The molecule has 0 amide bonds. The number of hydrogen-bond donors (Lipinski definition) is 2. The lowest BCUT2D eigenvalue weighted by Crippen LogP contribution is -1.96. The van der Waals surface area contributed by atoms with Crippen molar-refractivity contribution < 1.29 is 0 Å². The summed E-state index contributed by atoms with van der Waals surface area (Å²) in [5.74, 6) is 0. The van der Waals surface area contributed by atoms with Crippen LogP contribution in [-0.2, 0) is 0 Å². The van der Waals surface area contributed by atoms with Crippen LogP contribution in [0.5, 0.6) is 0 Å². The largest absolute Gasteiger partial charge is 0.354 e. The van der Waals surface area contributed by atoms with Gasteiger partial charge in [-0.3, -0.25) is 0 Å². The van der Waals surface area contributed by atoms with Gasteiger partial charge in [0.05, 0.1) is 44.9 Å². The molecule has 7 aromatic rings. The Bertz CT molecular complexity index is 3310. The van der Waals surface area contributed by atoms with Crippen LogP contribution >= 0.6 is 0 Å². The van der Waals surface area contributed by atoms with Gasteiger partial charge in [0.1, 0.15) is 12.1 Å². The van der Waals surface area contributed by atoms with E-state index in [1.807, 2.05) is 0 Å². The van der Waals surface area contributed by atoms with Crippen LogP contribution in [0.25, 0.3) is 66.6 Å². The van der Waals surface area contributed by atoms with Crippen LogP contribution in [0, 0.1) is 106 Å². The molecule has 4 aromatic carbocycles. The molecule has 5 heterocycles. The predicted molar refractivity (Wildman–Crippen MR) is 274 cm³/mol. The van der Waals surface area contributed by atoms with Crippen molar-refractivity contribution in [3.63, 3.8) is 0 Å². The molecule has 66 heavy (non-hydrogen) atoms. The standard InChI is InChI=1S/C60H56N6/c1-29-15-33(5)53(34(6)16-29)57-41(13)45-23-51-60(56-39(11)21-32(4)22-40(56)12)44(28-62)48(66-51)26-50-58(54-35(7)17-30(2)18-36(54)8)42(14)46(64-50)24-52-59(55-37(9)19-31(3)20-38(55)10)43(27-61)47(65-52)25-49(57)63-45/h15-26,65-66H,1-14H3. The van der Waals surface area contributed by atoms with Gasteiger partial charge >= 0.3 is 0 Å². The molecule has 0 spiro atoms. The van der Waals surface area contributed by atoms with E-state index in [1.165, 1.54) is 22.3 Å². The minimum atomic E-state index is 0.552. The normalized spacial score (nSPS) is 12.5. The molecular formula is C60H56N6. The lowest BCUT2D eigenvalue weighted by Gasteiger charge is -2.14. The van der Waals surface area contributed by atoms with Gasteiger partial charge in [0.2, 0.25) is 0 Å². The molecule has 2 N–H and O–H groups in total. The number of nitrogens with zero attached hydrogens (tertiary/aromatic N) is 4. The Morgan fingerprint density at radius 2 is 0.576 bits per heavy atom. The Balaban J connectivity index is 1.54. The maximum Gasteiger partial charge on any atom is 0.102 e. The number of benzene rings is 4. The van der Waals surface area contributed by atoms with E-state index in [2.05, 4.69) is 192 Å². The van der Waals surface area contributed by atoms with E-state index in [0.29, 0.717) is 22.2 Å². The van der Waals surface area contributed by atoms with Crippen molar-refractivity contribution in [3.05, 3.63) is 185 Å². The fourth-order valence-corrected chi connectivity index (χ4v) is 11.4. The number of fused-ring (bicyclic) bond motifs is 8. The minimum Gasteiger partial charge on any atom is -0.354 e. The van der Waals surface area contributed by atoms with Gasteiger partial charge in [-0.05, 0) is 199 Å². The highest BCUT2D eigenvalue weighted by atomic mass is 14.8. The zero-order valence-electron chi connectivity index (χ0n) is 40.7.